The highest BCUT2D eigenvalue weighted by atomic mass is 32.2. The molecule has 11 heavy (non-hydrogen) atoms. The summed E-state index contributed by atoms with van der Waals surface area (Å²) in [4.78, 5) is 10.1. The molecule has 0 amide bonds. The Kier molecular flexibility index (Phi) is 4.01. The van der Waals surface area contributed by atoms with Crippen LogP contribution in [0.1, 0.15) is 0 Å². The van der Waals surface area contributed by atoms with E-state index >= 15 is 0 Å². The molecule has 66 valence electrons. The summed E-state index contributed by atoms with van der Waals surface area (Å²) >= 11 is 0. The van der Waals surface area contributed by atoms with Gasteiger partial charge in [-0.2, -0.15) is 8.42 Å². The van der Waals surface area contributed by atoms with Crippen LogP contribution in [0.15, 0.2) is 0 Å². The van der Waals surface area contributed by atoms with E-state index in [0.29, 0.717) is 0 Å². The first-order valence-corrected chi connectivity index (χ1v) is 4.28. The topological polar surface area (TPSA) is 101 Å². The fourth-order valence-electron chi connectivity index (χ4n) is 0.306. The molecule has 0 aromatic carbocycles. The van der Waals surface area contributed by atoms with Crippen LogP contribution < -0.4 is 0 Å². The lowest BCUT2D eigenvalue weighted by Gasteiger charge is -1.99. The second kappa shape index (κ2) is 4.27. The number of ether oxygens (including phenoxy) is 1. The minimum Gasteiger partial charge on any atom is -0.463 e. The van der Waals surface area contributed by atoms with Crippen LogP contribution >= 0.6 is 0 Å². The molecule has 6 nitrogen and oxygen atoms in total. The lowest BCUT2D eigenvalue weighted by atomic mass is 10.7. The Morgan fingerprint density at radius 3 is 2.36 bits per heavy atom. The van der Waals surface area contributed by atoms with Crippen LogP contribution in [0.2, 0.25) is 0 Å². The van der Waals surface area contributed by atoms with Crippen molar-refractivity contribution >= 4 is 16.1 Å². The maximum Gasteiger partial charge on any atom is 0.331 e. The summed E-state index contributed by atoms with van der Waals surface area (Å²) in [6.45, 7) is -1.25. The van der Waals surface area contributed by atoms with Crippen molar-refractivity contribution in [3.8, 4) is 0 Å². The zero-order valence-corrected chi connectivity index (χ0v) is 6.37. The third-order valence-corrected chi connectivity index (χ3v) is 1.42. The van der Waals surface area contributed by atoms with Crippen LogP contribution in [-0.2, 0) is 19.6 Å². The number of esters is 1. The van der Waals surface area contributed by atoms with Gasteiger partial charge in [-0.05, 0) is 0 Å². The van der Waals surface area contributed by atoms with E-state index in [1.54, 1.807) is 0 Å². The summed E-state index contributed by atoms with van der Waals surface area (Å²) in [5, 5.41) is 8.08. The van der Waals surface area contributed by atoms with E-state index in [0.717, 1.165) is 0 Å². The van der Waals surface area contributed by atoms with Crippen molar-refractivity contribution in [1.29, 1.82) is 0 Å². The Bertz CT molecular complexity index is 217. The number of hydrogen-bond donors (Lipinski definition) is 2. The van der Waals surface area contributed by atoms with Gasteiger partial charge in [0.2, 0.25) is 0 Å². The summed E-state index contributed by atoms with van der Waals surface area (Å²) in [5.41, 5.74) is 0. The highest BCUT2D eigenvalue weighted by Crippen LogP contribution is 1.83. The van der Waals surface area contributed by atoms with Crippen LogP contribution in [0.3, 0.4) is 0 Å². The second-order valence-electron chi connectivity index (χ2n) is 1.66. The Morgan fingerprint density at radius 2 is 2.00 bits per heavy atom. The summed E-state index contributed by atoms with van der Waals surface area (Å²) in [6, 6.07) is 0. The van der Waals surface area contributed by atoms with Crippen molar-refractivity contribution in [1.82, 2.24) is 0 Å². The third-order valence-electron chi connectivity index (χ3n) is 0.733. The van der Waals surface area contributed by atoms with Crippen molar-refractivity contribution < 1.29 is 27.6 Å². The quantitative estimate of drug-likeness (QED) is 0.403. The van der Waals surface area contributed by atoms with Crippen molar-refractivity contribution in [2.45, 2.75) is 0 Å². The molecule has 0 unspecified atom stereocenters. The molecule has 0 aromatic heterocycles. The summed E-state index contributed by atoms with van der Waals surface area (Å²) in [7, 11) is -4.09. The van der Waals surface area contributed by atoms with Crippen LogP contribution in [0.4, 0.5) is 0 Å². The molecule has 0 aliphatic heterocycles. The normalized spacial score (nSPS) is 11.1. The Hall–Kier alpha value is -0.660. The van der Waals surface area contributed by atoms with Gasteiger partial charge in [0.1, 0.15) is 19.0 Å². The standard InChI is InChI=1S/C4H8O6S/c5-3-4(6)10-1-2-11(7,8)9/h5H,1-3H2,(H,7,8,9). The van der Waals surface area contributed by atoms with E-state index in [4.69, 9.17) is 9.66 Å². The van der Waals surface area contributed by atoms with E-state index in [1.165, 1.54) is 0 Å². The lowest BCUT2D eigenvalue weighted by Crippen LogP contribution is -2.16. The van der Waals surface area contributed by atoms with Crippen molar-refractivity contribution in [2.75, 3.05) is 19.0 Å². The average Bonchev–Trinajstić information content (AvgIpc) is 1.85. The average molecular weight is 184 g/mol. The number of aliphatic hydroxyl groups excluding tert-OH is 1. The van der Waals surface area contributed by atoms with Gasteiger partial charge in [0.25, 0.3) is 10.1 Å². The van der Waals surface area contributed by atoms with Gasteiger partial charge in [-0.3, -0.25) is 4.55 Å². The predicted molar refractivity (Wildman–Crippen MR) is 34.5 cm³/mol. The van der Waals surface area contributed by atoms with Crippen LogP contribution in [0.5, 0.6) is 0 Å². The first-order chi connectivity index (χ1) is 4.95. The van der Waals surface area contributed by atoms with Gasteiger partial charge in [0.15, 0.2) is 0 Å². The minimum atomic E-state index is -4.09. The molecule has 0 saturated carbocycles. The molecule has 0 radical (unpaired) electrons. The molecule has 0 bridgehead atoms. The Labute approximate surface area is 63.5 Å². The van der Waals surface area contributed by atoms with Crippen LogP contribution in [0.25, 0.3) is 0 Å². The molecule has 0 rings (SSSR count). The number of carbonyl (C=O) groups is 1. The molecule has 7 heteroatoms. The predicted octanol–water partition coefficient (Wildman–Crippen LogP) is -1.59. The van der Waals surface area contributed by atoms with Gasteiger partial charge < -0.3 is 9.84 Å². The number of carbonyl (C=O) groups excluding carboxylic acids is 1. The maximum atomic E-state index is 10.1. The van der Waals surface area contributed by atoms with Crippen molar-refractivity contribution in [3.05, 3.63) is 0 Å². The zero-order valence-electron chi connectivity index (χ0n) is 5.56. The van der Waals surface area contributed by atoms with Gasteiger partial charge in [0, 0.05) is 0 Å². The molecule has 0 aromatic rings. The molecule has 0 aliphatic carbocycles. The first-order valence-electron chi connectivity index (χ1n) is 2.67. The van der Waals surface area contributed by atoms with Crippen molar-refractivity contribution in [2.24, 2.45) is 0 Å². The molecule has 0 heterocycles. The lowest BCUT2D eigenvalue weighted by molar-refractivity contribution is -0.146. The van der Waals surface area contributed by atoms with Gasteiger partial charge in [-0.25, -0.2) is 4.79 Å². The van der Waals surface area contributed by atoms with Crippen LogP contribution in [-0.4, -0.2) is 43.0 Å². The summed E-state index contributed by atoms with van der Waals surface area (Å²) < 4.78 is 32.3. The fourth-order valence-corrected chi connectivity index (χ4v) is 0.600. The molecule has 2 N–H and O–H groups in total. The van der Waals surface area contributed by atoms with Gasteiger partial charge in [0.05, 0.1) is 0 Å². The van der Waals surface area contributed by atoms with E-state index in [9.17, 15) is 13.2 Å². The van der Waals surface area contributed by atoms with Gasteiger partial charge in [-0.1, -0.05) is 0 Å². The largest absolute Gasteiger partial charge is 0.463 e. The van der Waals surface area contributed by atoms with E-state index in [-0.39, 0.29) is 0 Å². The molecule has 0 fully saturated rings. The summed E-state index contributed by atoms with van der Waals surface area (Å²) in [6.07, 6.45) is 0. The SMILES string of the molecule is O=C(CO)OCCS(=O)(=O)O. The van der Waals surface area contributed by atoms with E-state index < -0.39 is 35.1 Å². The highest BCUT2D eigenvalue weighted by Gasteiger charge is 2.06. The van der Waals surface area contributed by atoms with Crippen LogP contribution in [0, 0.1) is 0 Å². The molecule has 0 atom stereocenters. The smallest absolute Gasteiger partial charge is 0.331 e. The Balaban J connectivity index is 3.51. The first kappa shape index (κ1) is 10.3. The van der Waals surface area contributed by atoms with E-state index in [1.807, 2.05) is 0 Å². The minimum absolute atomic E-state index is 0.446. The zero-order chi connectivity index (χ0) is 8.91. The Morgan fingerprint density at radius 1 is 1.45 bits per heavy atom. The molecule has 0 saturated heterocycles. The van der Waals surface area contributed by atoms with Gasteiger partial charge >= 0.3 is 5.97 Å². The van der Waals surface area contributed by atoms with Gasteiger partial charge in [-0.15, -0.1) is 0 Å². The molecule has 0 aliphatic rings. The number of rotatable bonds is 4. The molecular formula is C4H8O6S. The highest BCUT2D eigenvalue weighted by molar-refractivity contribution is 7.85. The monoisotopic (exact) mass is 184 g/mol. The summed E-state index contributed by atoms with van der Waals surface area (Å²) in [5.74, 6) is -1.58. The molecular weight excluding hydrogens is 176 g/mol. The number of aliphatic hydroxyl groups is 1. The third kappa shape index (κ3) is 7.23. The molecule has 0 spiro atoms. The number of hydrogen-bond acceptors (Lipinski definition) is 5. The fraction of sp³-hybridized carbons (Fsp3) is 0.750. The van der Waals surface area contributed by atoms with E-state index in [2.05, 4.69) is 4.74 Å². The van der Waals surface area contributed by atoms with Crippen molar-refractivity contribution in [3.63, 3.8) is 0 Å². The maximum absolute atomic E-state index is 10.1. The second-order valence-corrected chi connectivity index (χ2v) is 3.24.